The van der Waals surface area contributed by atoms with Crippen LogP contribution in [0.15, 0.2) is 36.7 Å². The molecule has 2 aliphatic rings. The molecular formula is C17H18N4O3. The van der Waals surface area contributed by atoms with Gasteiger partial charge in [-0.1, -0.05) is 12.1 Å². The van der Waals surface area contributed by atoms with Crippen LogP contribution in [0.2, 0.25) is 0 Å². The van der Waals surface area contributed by atoms with Crippen molar-refractivity contribution in [2.24, 2.45) is 0 Å². The van der Waals surface area contributed by atoms with Gasteiger partial charge in [-0.15, -0.1) is 0 Å². The maximum absolute atomic E-state index is 12.4. The van der Waals surface area contributed by atoms with Gasteiger partial charge in [0.05, 0.1) is 5.69 Å². The molecule has 2 aliphatic heterocycles. The van der Waals surface area contributed by atoms with E-state index in [-0.39, 0.29) is 31.0 Å². The van der Waals surface area contributed by atoms with Crippen LogP contribution in [0.5, 0.6) is 5.75 Å². The van der Waals surface area contributed by atoms with Gasteiger partial charge in [0, 0.05) is 31.4 Å². The molecule has 124 valence electrons. The molecule has 7 heteroatoms. The Balaban J connectivity index is 1.42. The van der Waals surface area contributed by atoms with Crippen molar-refractivity contribution in [2.75, 3.05) is 18.1 Å². The summed E-state index contributed by atoms with van der Waals surface area (Å²) < 4.78 is 7.45. The number of hydrogen-bond acceptors (Lipinski definition) is 4. The average molecular weight is 326 g/mol. The molecule has 0 fully saturated rings. The van der Waals surface area contributed by atoms with Crippen LogP contribution in [0.1, 0.15) is 12.2 Å². The Morgan fingerprint density at radius 2 is 2.25 bits per heavy atom. The molecule has 0 unspecified atom stereocenters. The molecule has 0 saturated carbocycles. The molecule has 1 aromatic carbocycles. The highest BCUT2D eigenvalue weighted by Gasteiger charge is 2.28. The zero-order valence-electron chi connectivity index (χ0n) is 13.1. The van der Waals surface area contributed by atoms with Crippen molar-refractivity contribution < 1.29 is 14.3 Å². The summed E-state index contributed by atoms with van der Waals surface area (Å²) in [5.74, 6) is 1.32. The predicted octanol–water partition coefficient (Wildman–Crippen LogP) is 0.740. The van der Waals surface area contributed by atoms with Crippen LogP contribution in [0.3, 0.4) is 0 Å². The van der Waals surface area contributed by atoms with Gasteiger partial charge in [-0.25, -0.2) is 4.98 Å². The second-order valence-electron chi connectivity index (χ2n) is 6.04. The van der Waals surface area contributed by atoms with Gasteiger partial charge in [0.2, 0.25) is 5.91 Å². The zero-order chi connectivity index (χ0) is 16.5. The number of ether oxygens (including phenoxy) is 1. The molecule has 0 aliphatic carbocycles. The number of amides is 2. The number of hydrogen-bond donors (Lipinski definition) is 1. The highest BCUT2D eigenvalue weighted by Crippen LogP contribution is 2.31. The second kappa shape index (κ2) is 5.99. The summed E-state index contributed by atoms with van der Waals surface area (Å²) in [6.07, 6.45) is 5.41. The standard InChI is InChI=1S/C17H18N4O3/c22-16(19-12-5-6-15-18-7-8-20(15)9-12)10-21-13-3-1-2-4-14(13)24-11-17(21)23/h1-4,7-8,12H,5-6,9-11H2,(H,19,22)/t12-/m0/s1. The second-order valence-corrected chi connectivity index (χ2v) is 6.04. The quantitative estimate of drug-likeness (QED) is 0.902. The average Bonchev–Trinajstić information content (AvgIpc) is 3.05. The molecule has 24 heavy (non-hydrogen) atoms. The van der Waals surface area contributed by atoms with Crippen molar-refractivity contribution in [3.8, 4) is 5.75 Å². The van der Waals surface area contributed by atoms with Gasteiger partial charge in [0.15, 0.2) is 6.61 Å². The van der Waals surface area contributed by atoms with E-state index in [0.29, 0.717) is 18.0 Å². The number of aryl methyl sites for hydroxylation is 1. The third kappa shape index (κ3) is 2.73. The van der Waals surface area contributed by atoms with E-state index in [1.807, 2.05) is 18.3 Å². The molecule has 0 spiro atoms. The van der Waals surface area contributed by atoms with Crippen LogP contribution < -0.4 is 15.0 Å². The number of benzene rings is 1. The van der Waals surface area contributed by atoms with Crippen LogP contribution >= 0.6 is 0 Å². The molecule has 4 rings (SSSR count). The number of nitrogens with one attached hydrogen (secondary N) is 1. The summed E-state index contributed by atoms with van der Waals surface area (Å²) in [5, 5.41) is 3.03. The number of carbonyl (C=O) groups excluding carboxylic acids is 2. The summed E-state index contributed by atoms with van der Waals surface area (Å²) in [6.45, 7) is 0.688. The molecule has 0 saturated heterocycles. The maximum atomic E-state index is 12.4. The summed E-state index contributed by atoms with van der Waals surface area (Å²) in [7, 11) is 0. The first-order valence-corrected chi connectivity index (χ1v) is 8.02. The number of anilines is 1. The molecular weight excluding hydrogens is 308 g/mol. The highest BCUT2D eigenvalue weighted by molar-refractivity contribution is 6.02. The predicted molar refractivity (Wildman–Crippen MR) is 86.8 cm³/mol. The lowest BCUT2D eigenvalue weighted by molar-refractivity contribution is -0.125. The number of aromatic nitrogens is 2. The topological polar surface area (TPSA) is 76.5 Å². The maximum Gasteiger partial charge on any atom is 0.265 e. The Hall–Kier alpha value is -2.83. The molecule has 1 aromatic heterocycles. The lowest BCUT2D eigenvalue weighted by atomic mass is 10.1. The fourth-order valence-electron chi connectivity index (χ4n) is 3.23. The lowest BCUT2D eigenvalue weighted by Gasteiger charge is -2.30. The summed E-state index contributed by atoms with van der Waals surface area (Å²) in [5.41, 5.74) is 0.643. The molecule has 0 bridgehead atoms. The Labute approximate surface area is 139 Å². The Kier molecular flexibility index (Phi) is 3.68. The highest BCUT2D eigenvalue weighted by atomic mass is 16.5. The minimum absolute atomic E-state index is 0.00644. The summed E-state index contributed by atoms with van der Waals surface area (Å²) in [6, 6.07) is 7.32. The minimum atomic E-state index is -0.204. The minimum Gasteiger partial charge on any atom is -0.482 e. The van der Waals surface area contributed by atoms with Crippen molar-refractivity contribution in [1.82, 2.24) is 14.9 Å². The van der Waals surface area contributed by atoms with Gasteiger partial charge >= 0.3 is 0 Å². The van der Waals surface area contributed by atoms with E-state index in [2.05, 4.69) is 14.9 Å². The van der Waals surface area contributed by atoms with Crippen LogP contribution in [0.4, 0.5) is 5.69 Å². The SMILES string of the molecule is O=C(CN1C(=O)COc2ccccc21)N[C@H]1CCc2nccn2C1. The van der Waals surface area contributed by atoms with Gasteiger partial charge in [0.25, 0.3) is 5.91 Å². The summed E-state index contributed by atoms with van der Waals surface area (Å²) >= 11 is 0. The number of rotatable bonds is 3. The smallest absolute Gasteiger partial charge is 0.265 e. The summed E-state index contributed by atoms with van der Waals surface area (Å²) in [4.78, 5) is 30.3. The normalized spacial score (nSPS) is 19.2. The van der Waals surface area contributed by atoms with Crippen LogP contribution in [0.25, 0.3) is 0 Å². The monoisotopic (exact) mass is 326 g/mol. The van der Waals surface area contributed by atoms with Crippen molar-refractivity contribution >= 4 is 17.5 Å². The van der Waals surface area contributed by atoms with Crippen LogP contribution in [0, 0.1) is 0 Å². The number of imidazole rings is 1. The van der Waals surface area contributed by atoms with Crippen molar-refractivity contribution in [1.29, 1.82) is 0 Å². The Morgan fingerprint density at radius 3 is 3.17 bits per heavy atom. The Bertz CT molecular complexity index is 786. The van der Waals surface area contributed by atoms with E-state index in [1.54, 1.807) is 18.3 Å². The number of carbonyl (C=O) groups is 2. The van der Waals surface area contributed by atoms with Crippen molar-refractivity contribution in [3.63, 3.8) is 0 Å². The fourth-order valence-corrected chi connectivity index (χ4v) is 3.23. The molecule has 2 amide bonds. The molecule has 7 nitrogen and oxygen atoms in total. The van der Waals surface area contributed by atoms with E-state index < -0.39 is 0 Å². The molecule has 1 atom stereocenters. The molecule has 1 N–H and O–H groups in total. The first-order chi connectivity index (χ1) is 11.7. The zero-order valence-corrected chi connectivity index (χ0v) is 13.1. The first-order valence-electron chi connectivity index (χ1n) is 8.02. The van der Waals surface area contributed by atoms with Gasteiger partial charge in [-0.3, -0.25) is 14.5 Å². The van der Waals surface area contributed by atoms with Gasteiger partial charge < -0.3 is 14.6 Å². The third-order valence-electron chi connectivity index (χ3n) is 4.41. The van der Waals surface area contributed by atoms with E-state index >= 15 is 0 Å². The van der Waals surface area contributed by atoms with Gasteiger partial charge in [-0.2, -0.15) is 0 Å². The first kappa shape index (κ1) is 14.7. The molecule has 3 heterocycles. The van der Waals surface area contributed by atoms with E-state index in [0.717, 1.165) is 18.7 Å². The van der Waals surface area contributed by atoms with E-state index in [4.69, 9.17) is 4.74 Å². The number of nitrogens with zero attached hydrogens (tertiary/aromatic N) is 3. The molecule has 2 aromatic rings. The lowest BCUT2D eigenvalue weighted by Crippen LogP contribution is -2.48. The third-order valence-corrected chi connectivity index (χ3v) is 4.41. The van der Waals surface area contributed by atoms with Crippen molar-refractivity contribution in [3.05, 3.63) is 42.5 Å². The van der Waals surface area contributed by atoms with Crippen LogP contribution in [-0.4, -0.2) is 40.6 Å². The van der Waals surface area contributed by atoms with Crippen LogP contribution in [-0.2, 0) is 22.6 Å². The van der Waals surface area contributed by atoms with Crippen molar-refractivity contribution in [2.45, 2.75) is 25.4 Å². The fraction of sp³-hybridized carbons (Fsp3) is 0.353. The van der Waals surface area contributed by atoms with E-state index in [1.165, 1.54) is 4.90 Å². The Morgan fingerprint density at radius 1 is 1.38 bits per heavy atom. The largest absolute Gasteiger partial charge is 0.482 e. The number of fused-ring (bicyclic) bond motifs is 2. The van der Waals surface area contributed by atoms with E-state index in [9.17, 15) is 9.59 Å². The van der Waals surface area contributed by atoms with Gasteiger partial charge in [0.1, 0.15) is 18.1 Å². The number of para-hydroxylation sites is 2. The molecule has 0 radical (unpaired) electrons. The van der Waals surface area contributed by atoms with Gasteiger partial charge in [-0.05, 0) is 18.6 Å².